The van der Waals surface area contributed by atoms with E-state index < -0.39 is 29.0 Å². The third kappa shape index (κ3) is 5.92. The maximum atomic E-state index is 11.2. The van der Waals surface area contributed by atoms with E-state index in [1.807, 2.05) is 0 Å². The Morgan fingerprint density at radius 2 is 1.50 bits per heavy atom. The fourth-order valence-corrected chi connectivity index (χ4v) is 2.25. The average Bonchev–Trinajstić information content (AvgIpc) is 2.66. The second kappa shape index (κ2) is 9.28. The van der Waals surface area contributed by atoms with E-state index in [2.05, 4.69) is 0 Å². The van der Waals surface area contributed by atoms with Gasteiger partial charge in [0.15, 0.2) is 6.10 Å². The number of nitro benzene ring substituents is 1. The van der Waals surface area contributed by atoms with Crippen molar-refractivity contribution in [2.75, 3.05) is 0 Å². The van der Waals surface area contributed by atoms with E-state index in [4.69, 9.17) is 20.7 Å². The van der Waals surface area contributed by atoms with E-state index in [1.54, 1.807) is 48.6 Å². The molecule has 2 atom stereocenters. The van der Waals surface area contributed by atoms with E-state index in [-0.39, 0.29) is 17.9 Å². The van der Waals surface area contributed by atoms with Crippen LogP contribution in [0.5, 0.6) is 5.75 Å². The first-order valence-electron chi connectivity index (χ1n) is 8.16. The second-order valence-electron chi connectivity index (χ2n) is 5.88. The Hall–Kier alpha value is -3.72. The molecule has 2 unspecified atom stereocenters. The molecule has 9 heteroatoms. The molecule has 0 saturated heterocycles. The van der Waals surface area contributed by atoms with Crippen molar-refractivity contribution < 1.29 is 29.5 Å². The first kappa shape index (κ1) is 20.6. The highest BCUT2D eigenvalue weighted by atomic mass is 16.6. The molecule has 4 N–H and O–H groups in total. The summed E-state index contributed by atoms with van der Waals surface area (Å²) in [5.41, 5.74) is 6.94. The summed E-state index contributed by atoms with van der Waals surface area (Å²) in [6.07, 6.45) is 1.80. The molecule has 0 aliphatic heterocycles. The van der Waals surface area contributed by atoms with Crippen molar-refractivity contribution in [1.82, 2.24) is 0 Å². The van der Waals surface area contributed by atoms with Crippen LogP contribution in [0.4, 0.5) is 5.69 Å². The van der Waals surface area contributed by atoms with Gasteiger partial charge in [-0.1, -0.05) is 24.3 Å². The van der Waals surface area contributed by atoms with Crippen LogP contribution >= 0.6 is 0 Å². The molecule has 0 aliphatic carbocycles. The van der Waals surface area contributed by atoms with Crippen molar-refractivity contribution in [2.24, 2.45) is 5.73 Å². The number of aliphatic carboxylic acids is 2. The number of carboxylic acid groups (broad SMARTS) is 2. The van der Waals surface area contributed by atoms with Gasteiger partial charge in [0.1, 0.15) is 11.8 Å². The van der Waals surface area contributed by atoms with Crippen LogP contribution in [0.15, 0.2) is 48.5 Å². The maximum absolute atomic E-state index is 11.2. The van der Waals surface area contributed by atoms with Crippen LogP contribution in [0.25, 0.3) is 12.2 Å². The number of ether oxygens (including phenoxy) is 1. The van der Waals surface area contributed by atoms with Gasteiger partial charge in [0.25, 0.3) is 5.69 Å². The average molecular weight is 386 g/mol. The molecule has 146 valence electrons. The normalized spacial score (nSPS) is 13.0. The molecule has 0 saturated carbocycles. The van der Waals surface area contributed by atoms with Crippen molar-refractivity contribution >= 4 is 29.8 Å². The molecule has 28 heavy (non-hydrogen) atoms. The van der Waals surface area contributed by atoms with Crippen molar-refractivity contribution in [3.8, 4) is 5.75 Å². The number of hydrogen-bond donors (Lipinski definition) is 3. The lowest BCUT2D eigenvalue weighted by atomic mass is 10.1. The molecule has 0 spiro atoms. The van der Waals surface area contributed by atoms with Crippen molar-refractivity contribution in [3.63, 3.8) is 0 Å². The SMILES string of the molecule is NC(CC(Oc1ccc(/C=C/c2ccc([N+](=O)[O-])cc2)cc1)C(=O)O)C(=O)O. The van der Waals surface area contributed by atoms with Crippen LogP contribution in [0.1, 0.15) is 17.5 Å². The topological polar surface area (TPSA) is 153 Å². The molecule has 9 nitrogen and oxygen atoms in total. The molecule has 2 aromatic rings. The molecule has 0 heterocycles. The third-order valence-corrected chi connectivity index (χ3v) is 3.79. The standard InChI is InChI=1S/C19H18N2O7/c20-16(18(22)23)11-17(19(24)25)28-15-9-5-13(6-10-15)2-1-12-3-7-14(8-4-12)21(26)27/h1-10,16-17H,11,20H2,(H,22,23)(H,24,25)/b2-1+. The van der Waals surface area contributed by atoms with Gasteiger partial charge in [-0.3, -0.25) is 14.9 Å². The fraction of sp³-hybridized carbons (Fsp3) is 0.158. The summed E-state index contributed by atoms with van der Waals surface area (Å²) in [7, 11) is 0. The summed E-state index contributed by atoms with van der Waals surface area (Å²) in [4.78, 5) is 32.2. The van der Waals surface area contributed by atoms with Gasteiger partial charge in [0, 0.05) is 18.6 Å². The fourth-order valence-electron chi connectivity index (χ4n) is 2.25. The molecule has 2 aromatic carbocycles. The summed E-state index contributed by atoms with van der Waals surface area (Å²) in [5, 5.41) is 28.6. The van der Waals surface area contributed by atoms with Crippen molar-refractivity contribution in [1.29, 1.82) is 0 Å². The number of carbonyl (C=O) groups is 2. The summed E-state index contributed by atoms with van der Waals surface area (Å²) < 4.78 is 5.32. The summed E-state index contributed by atoms with van der Waals surface area (Å²) in [5.74, 6) is -2.35. The van der Waals surface area contributed by atoms with Gasteiger partial charge in [0.05, 0.1) is 4.92 Å². The monoisotopic (exact) mass is 386 g/mol. The van der Waals surface area contributed by atoms with Gasteiger partial charge in [-0.05, 0) is 35.4 Å². The largest absolute Gasteiger partial charge is 0.480 e. The summed E-state index contributed by atoms with van der Waals surface area (Å²) in [6.45, 7) is 0. The lowest BCUT2D eigenvalue weighted by Gasteiger charge is -2.17. The Labute approximate surface area is 159 Å². The third-order valence-electron chi connectivity index (χ3n) is 3.79. The minimum Gasteiger partial charge on any atom is -0.480 e. The van der Waals surface area contributed by atoms with Crippen LogP contribution in [-0.4, -0.2) is 39.2 Å². The Kier molecular flexibility index (Phi) is 6.83. The molecule has 0 radical (unpaired) electrons. The Morgan fingerprint density at radius 1 is 1.00 bits per heavy atom. The Balaban J connectivity index is 2.02. The van der Waals surface area contributed by atoms with Crippen LogP contribution in [0, 0.1) is 10.1 Å². The number of rotatable bonds is 9. The number of nitro groups is 1. The van der Waals surface area contributed by atoms with E-state index in [1.165, 1.54) is 12.1 Å². The maximum Gasteiger partial charge on any atom is 0.344 e. The van der Waals surface area contributed by atoms with Crippen LogP contribution in [-0.2, 0) is 9.59 Å². The summed E-state index contributed by atoms with van der Waals surface area (Å²) in [6, 6.07) is 11.2. The predicted molar refractivity (Wildman–Crippen MR) is 101 cm³/mol. The predicted octanol–water partition coefficient (Wildman–Crippen LogP) is 2.40. The molecule has 2 rings (SSSR count). The summed E-state index contributed by atoms with van der Waals surface area (Å²) >= 11 is 0. The van der Waals surface area contributed by atoms with Gasteiger partial charge in [-0.25, -0.2) is 4.79 Å². The highest BCUT2D eigenvalue weighted by Crippen LogP contribution is 2.18. The van der Waals surface area contributed by atoms with Crippen LogP contribution < -0.4 is 10.5 Å². The number of nitrogens with zero attached hydrogens (tertiary/aromatic N) is 1. The first-order valence-corrected chi connectivity index (χ1v) is 8.16. The number of nitrogens with two attached hydrogens (primary N) is 1. The first-order chi connectivity index (χ1) is 13.3. The molecular weight excluding hydrogens is 368 g/mol. The molecule has 0 bridgehead atoms. The molecule has 0 aliphatic rings. The van der Waals surface area contributed by atoms with Crippen LogP contribution in [0.2, 0.25) is 0 Å². The smallest absolute Gasteiger partial charge is 0.344 e. The number of hydrogen-bond acceptors (Lipinski definition) is 6. The van der Waals surface area contributed by atoms with E-state index in [9.17, 15) is 19.7 Å². The zero-order valence-corrected chi connectivity index (χ0v) is 14.6. The van der Waals surface area contributed by atoms with Gasteiger partial charge in [-0.15, -0.1) is 0 Å². The number of carboxylic acids is 2. The second-order valence-corrected chi connectivity index (χ2v) is 5.88. The molecule has 0 fully saturated rings. The van der Waals surface area contributed by atoms with Gasteiger partial charge < -0.3 is 20.7 Å². The Bertz CT molecular complexity index is 876. The number of benzene rings is 2. The van der Waals surface area contributed by atoms with Crippen molar-refractivity contribution in [2.45, 2.75) is 18.6 Å². The minimum absolute atomic E-state index is 0.00857. The van der Waals surface area contributed by atoms with E-state index >= 15 is 0 Å². The lowest BCUT2D eigenvalue weighted by Crippen LogP contribution is -2.39. The zero-order valence-electron chi connectivity index (χ0n) is 14.6. The van der Waals surface area contributed by atoms with Gasteiger partial charge in [-0.2, -0.15) is 0 Å². The van der Waals surface area contributed by atoms with E-state index in [0.29, 0.717) is 0 Å². The molecule has 0 amide bonds. The lowest BCUT2D eigenvalue weighted by molar-refractivity contribution is -0.384. The van der Waals surface area contributed by atoms with Crippen molar-refractivity contribution in [3.05, 3.63) is 69.8 Å². The Morgan fingerprint density at radius 3 is 1.93 bits per heavy atom. The highest BCUT2D eigenvalue weighted by Gasteiger charge is 2.26. The minimum atomic E-state index is -1.38. The highest BCUT2D eigenvalue weighted by molar-refractivity contribution is 5.77. The zero-order chi connectivity index (χ0) is 20.7. The number of non-ortho nitro benzene ring substituents is 1. The molecule has 0 aromatic heterocycles. The van der Waals surface area contributed by atoms with Gasteiger partial charge >= 0.3 is 11.9 Å². The van der Waals surface area contributed by atoms with Gasteiger partial charge in [0.2, 0.25) is 0 Å². The molecular formula is C19H18N2O7. The van der Waals surface area contributed by atoms with Crippen LogP contribution in [0.3, 0.4) is 0 Å². The van der Waals surface area contributed by atoms with E-state index in [0.717, 1.165) is 11.1 Å². The quantitative estimate of drug-likeness (QED) is 0.337.